The second kappa shape index (κ2) is 11.5. The maximum absolute atomic E-state index is 13.2. The fourth-order valence-corrected chi connectivity index (χ4v) is 5.22. The first-order valence-electron chi connectivity index (χ1n) is 11.1. The Morgan fingerprint density at radius 1 is 1.09 bits per heavy atom. The lowest BCUT2D eigenvalue weighted by molar-refractivity contribution is -0.127. The highest BCUT2D eigenvalue weighted by Crippen LogP contribution is 2.30. The average Bonchev–Trinajstić information content (AvgIpc) is 2.83. The number of anilines is 1. The number of rotatable bonds is 9. The lowest BCUT2D eigenvalue weighted by atomic mass is 10.0. The van der Waals surface area contributed by atoms with Crippen LogP contribution >= 0.6 is 0 Å². The van der Waals surface area contributed by atoms with E-state index in [2.05, 4.69) is 10.6 Å². The molecule has 1 atom stereocenters. The van der Waals surface area contributed by atoms with Gasteiger partial charge in [-0.1, -0.05) is 44.2 Å². The van der Waals surface area contributed by atoms with Crippen LogP contribution in [-0.4, -0.2) is 58.0 Å². The molecule has 10 heteroatoms. The molecule has 0 spiro atoms. The third kappa shape index (κ3) is 6.34. The molecule has 2 aromatic rings. The van der Waals surface area contributed by atoms with E-state index >= 15 is 0 Å². The minimum absolute atomic E-state index is 0.0465. The smallest absolute Gasteiger partial charge is 0.251 e. The highest BCUT2D eigenvalue weighted by atomic mass is 32.2. The van der Waals surface area contributed by atoms with Crippen molar-refractivity contribution < 1.29 is 27.5 Å². The Kier molecular flexibility index (Phi) is 8.65. The second-order valence-corrected chi connectivity index (χ2v) is 10.3. The van der Waals surface area contributed by atoms with Gasteiger partial charge in [0, 0.05) is 25.2 Å². The van der Waals surface area contributed by atoms with Crippen LogP contribution in [0.5, 0.6) is 5.75 Å². The van der Waals surface area contributed by atoms with Crippen molar-refractivity contribution in [1.29, 1.82) is 0 Å². The van der Waals surface area contributed by atoms with Crippen LogP contribution in [0.2, 0.25) is 0 Å². The van der Waals surface area contributed by atoms with Gasteiger partial charge in [0.2, 0.25) is 15.9 Å². The number of hydrogen-bond acceptors (Lipinski definition) is 6. The Labute approximate surface area is 200 Å². The number of benzene rings is 2. The van der Waals surface area contributed by atoms with E-state index in [4.69, 9.17) is 9.47 Å². The van der Waals surface area contributed by atoms with Crippen LogP contribution in [0.1, 0.15) is 31.9 Å². The van der Waals surface area contributed by atoms with Crippen LogP contribution in [-0.2, 0) is 24.3 Å². The Morgan fingerprint density at radius 3 is 2.38 bits per heavy atom. The van der Waals surface area contributed by atoms with Gasteiger partial charge in [0.1, 0.15) is 16.7 Å². The summed E-state index contributed by atoms with van der Waals surface area (Å²) in [5, 5.41) is 5.54. The van der Waals surface area contributed by atoms with Crippen LogP contribution in [0.3, 0.4) is 0 Å². The van der Waals surface area contributed by atoms with Crippen molar-refractivity contribution in [3.05, 3.63) is 54.1 Å². The minimum atomic E-state index is -3.86. The zero-order chi connectivity index (χ0) is 24.7. The molecule has 0 radical (unpaired) electrons. The molecule has 1 aliphatic heterocycles. The number of carbonyl (C=O) groups is 2. The minimum Gasteiger partial charge on any atom is -0.495 e. The molecule has 0 aromatic heterocycles. The normalized spacial score (nSPS) is 15.5. The van der Waals surface area contributed by atoms with E-state index in [1.54, 1.807) is 30.3 Å². The summed E-state index contributed by atoms with van der Waals surface area (Å²) < 4.78 is 38.3. The van der Waals surface area contributed by atoms with Crippen molar-refractivity contribution in [2.24, 2.45) is 5.92 Å². The number of amides is 2. The topological polar surface area (TPSA) is 114 Å². The second-order valence-electron chi connectivity index (χ2n) is 8.38. The molecule has 3 rings (SSSR count). The molecule has 0 bridgehead atoms. The lowest BCUT2D eigenvalue weighted by Gasteiger charge is -2.27. The number of carbonyl (C=O) groups excluding carboxylic acids is 2. The molecule has 1 heterocycles. The fraction of sp³-hybridized carbons (Fsp3) is 0.417. The quantitative estimate of drug-likeness (QED) is 0.560. The Hall–Kier alpha value is -2.95. The number of nitrogens with one attached hydrogen (secondary N) is 2. The number of hydrogen-bond donors (Lipinski definition) is 2. The molecule has 0 aliphatic carbocycles. The molecule has 9 nitrogen and oxygen atoms in total. The number of nitrogens with zero attached hydrogens (tertiary/aromatic N) is 1. The van der Waals surface area contributed by atoms with Gasteiger partial charge in [-0.2, -0.15) is 4.31 Å². The summed E-state index contributed by atoms with van der Waals surface area (Å²) in [6, 6.07) is 12.4. The van der Waals surface area contributed by atoms with E-state index in [9.17, 15) is 18.0 Å². The molecule has 34 heavy (non-hydrogen) atoms. The summed E-state index contributed by atoms with van der Waals surface area (Å²) in [6.45, 7) is 4.94. The van der Waals surface area contributed by atoms with Gasteiger partial charge in [0.15, 0.2) is 0 Å². The monoisotopic (exact) mass is 489 g/mol. The van der Waals surface area contributed by atoms with Gasteiger partial charge in [-0.05, 0) is 29.7 Å². The highest BCUT2D eigenvalue weighted by molar-refractivity contribution is 7.89. The largest absolute Gasteiger partial charge is 0.495 e. The Bertz CT molecular complexity index is 1100. The Balaban J connectivity index is 1.88. The van der Waals surface area contributed by atoms with E-state index < -0.39 is 22.0 Å². The number of morpholine rings is 1. The predicted octanol–water partition coefficient (Wildman–Crippen LogP) is 2.56. The first-order chi connectivity index (χ1) is 16.2. The maximum atomic E-state index is 13.2. The van der Waals surface area contributed by atoms with Crippen molar-refractivity contribution in [1.82, 2.24) is 9.62 Å². The molecule has 184 valence electrons. The van der Waals surface area contributed by atoms with Crippen molar-refractivity contribution >= 4 is 27.5 Å². The maximum Gasteiger partial charge on any atom is 0.251 e. The lowest BCUT2D eigenvalue weighted by Crippen LogP contribution is -2.40. The number of methoxy groups -OCH3 is 1. The van der Waals surface area contributed by atoms with E-state index in [-0.39, 0.29) is 47.7 Å². The van der Waals surface area contributed by atoms with Gasteiger partial charge in [-0.3, -0.25) is 9.59 Å². The van der Waals surface area contributed by atoms with Crippen molar-refractivity contribution in [2.75, 3.05) is 38.7 Å². The van der Waals surface area contributed by atoms with Gasteiger partial charge in [0.05, 0.1) is 20.3 Å². The van der Waals surface area contributed by atoms with Crippen molar-refractivity contribution in [2.45, 2.75) is 31.2 Å². The number of sulfonamides is 1. The van der Waals surface area contributed by atoms with E-state index in [1.807, 2.05) is 19.9 Å². The van der Waals surface area contributed by atoms with Gasteiger partial charge in [-0.15, -0.1) is 0 Å². The van der Waals surface area contributed by atoms with E-state index in [0.717, 1.165) is 0 Å². The molecule has 1 aliphatic rings. The highest BCUT2D eigenvalue weighted by Gasteiger charge is 2.30. The van der Waals surface area contributed by atoms with Crippen LogP contribution in [0.15, 0.2) is 53.4 Å². The average molecular weight is 490 g/mol. The molecular weight excluding hydrogens is 458 g/mol. The SMILES string of the molecule is COc1ccc(NC(=O)C(NC(=O)CC(C)C)c2ccccc2)cc1S(=O)(=O)N1CCOCC1. The van der Waals surface area contributed by atoms with Crippen molar-refractivity contribution in [3.8, 4) is 5.75 Å². The summed E-state index contributed by atoms with van der Waals surface area (Å²) >= 11 is 0. The molecule has 1 fully saturated rings. The van der Waals surface area contributed by atoms with Crippen LogP contribution in [0, 0.1) is 5.92 Å². The first-order valence-corrected chi connectivity index (χ1v) is 12.6. The summed E-state index contributed by atoms with van der Waals surface area (Å²) in [4.78, 5) is 25.6. The number of ether oxygens (including phenoxy) is 2. The molecular formula is C24H31N3O6S. The standard InChI is InChI=1S/C24H31N3O6S/c1-17(2)15-22(28)26-23(18-7-5-4-6-8-18)24(29)25-19-9-10-20(32-3)21(16-19)34(30,31)27-11-13-33-14-12-27/h4-10,16-17,23H,11-15H2,1-3H3,(H,25,29)(H,26,28). The molecule has 0 saturated carbocycles. The summed E-state index contributed by atoms with van der Waals surface area (Å²) in [5.74, 6) is -0.420. The molecule has 2 amide bonds. The first kappa shape index (κ1) is 25.7. The third-order valence-corrected chi connectivity index (χ3v) is 7.23. The Morgan fingerprint density at radius 2 is 1.76 bits per heavy atom. The van der Waals surface area contributed by atoms with Gasteiger partial charge < -0.3 is 20.1 Å². The molecule has 1 unspecified atom stereocenters. The van der Waals surface area contributed by atoms with Gasteiger partial charge in [-0.25, -0.2) is 8.42 Å². The zero-order valence-electron chi connectivity index (χ0n) is 19.6. The van der Waals surface area contributed by atoms with E-state index in [1.165, 1.54) is 23.5 Å². The fourth-order valence-electron chi connectivity index (χ4n) is 3.63. The third-order valence-electron chi connectivity index (χ3n) is 5.31. The van der Waals surface area contributed by atoms with Crippen LogP contribution in [0.4, 0.5) is 5.69 Å². The summed E-state index contributed by atoms with van der Waals surface area (Å²) in [6.07, 6.45) is 0.279. The summed E-state index contributed by atoms with van der Waals surface area (Å²) in [5.41, 5.74) is 0.892. The van der Waals surface area contributed by atoms with E-state index in [0.29, 0.717) is 18.8 Å². The van der Waals surface area contributed by atoms with Crippen molar-refractivity contribution in [3.63, 3.8) is 0 Å². The van der Waals surface area contributed by atoms with Crippen LogP contribution in [0.25, 0.3) is 0 Å². The molecule has 2 aromatic carbocycles. The van der Waals surface area contributed by atoms with Gasteiger partial charge >= 0.3 is 0 Å². The molecule has 1 saturated heterocycles. The van der Waals surface area contributed by atoms with Crippen LogP contribution < -0.4 is 15.4 Å². The van der Waals surface area contributed by atoms with Gasteiger partial charge in [0.25, 0.3) is 5.91 Å². The molecule has 2 N–H and O–H groups in total. The predicted molar refractivity (Wildman–Crippen MR) is 128 cm³/mol. The zero-order valence-corrected chi connectivity index (χ0v) is 20.4. The summed E-state index contributed by atoms with van der Waals surface area (Å²) in [7, 11) is -2.47.